The first kappa shape index (κ1) is 21.0. The first-order chi connectivity index (χ1) is 13.6. The number of hydrogen-bond donors (Lipinski definition) is 2. The highest BCUT2D eigenvalue weighted by Crippen LogP contribution is 2.40. The molecule has 0 spiro atoms. The Labute approximate surface area is 174 Å². The van der Waals surface area contributed by atoms with Crippen molar-refractivity contribution in [3.05, 3.63) is 52.6 Å². The van der Waals surface area contributed by atoms with Crippen molar-refractivity contribution in [1.82, 2.24) is 0 Å². The van der Waals surface area contributed by atoms with Gasteiger partial charge in [0.15, 0.2) is 0 Å². The first-order valence-electron chi connectivity index (χ1n) is 9.34. The normalized spacial score (nSPS) is 14.8. The zero-order valence-corrected chi connectivity index (χ0v) is 17.8. The Morgan fingerprint density at radius 3 is 2.21 bits per heavy atom. The van der Waals surface area contributed by atoms with Crippen molar-refractivity contribution in [2.75, 3.05) is 23.8 Å². The Morgan fingerprint density at radius 2 is 1.62 bits per heavy atom. The lowest BCUT2D eigenvalue weighted by Gasteiger charge is -2.45. The molecule has 0 aromatic heterocycles. The molecule has 3 rings (SSSR count). The number of fused-ring (bicyclic) bond motifs is 1. The van der Waals surface area contributed by atoms with E-state index in [0.717, 1.165) is 18.0 Å². The molecule has 154 valence electrons. The van der Waals surface area contributed by atoms with Crippen LogP contribution in [0.2, 0.25) is 0 Å². The average Bonchev–Trinajstić information content (AvgIpc) is 2.65. The molecule has 1 aliphatic rings. The van der Waals surface area contributed by atoms with Crippen LogP contribution in [0.15, 0.2) is 35.2 Å². The van der Waals surface area contributed by atoms with Crippen LogP contribution < -0.4 is 9.64 Å². The van der Waals surface area contributed by atoms with E-state index in [1.165, 1.54) is 41.1 Å². The molecule has 0 unspecified atom stereocenters. The number of anilines is 1. The fraction of sp³-hybridized carbons (Fsp3) is 0.364. The summed E-state index contributed by atoms with van der Waals surface area (Å²) in [4.78, 5) is 25.6. The number of carboxylic acids is 2. The van der Waals surface area contributed by atoms with Crippen molar-refractivity contribution >= 4 is 29.4 Å². The van der Waals surface area contributed by atoms with Gasteiger partial charge in [0, 0.05) is 17.2 Å². The van der Waals surface area contributed by atoms with Gasteiger partial charge in [-0.25, -0.2) is 9.59 Å². The minimum absolute atomic E-state index is 0.0180. The molecular formula is C22H25NO5S. The molecular weight excluding hydrogens is 390 g/mol. The molecule has 0 bridgehead atoms. The monoisotopic (exact) mass is 415 g/mol. The van der Waals surface area contributed by atoms with Crippen LogP contribution >= 0.6 is 11.8 Å². The topological polar surface area (TPSA) is 87.1 Å². The largest absolute Gasteiger partial charge is 0.489 e. The maximum atomic E-state index is 11.3. The van der Waals surface area contributed by atoms with Crippen molar-refractivity contribution in [3.8, 4) is 5.75 Å². The number of hydrogen-bond acceptors (Lipinski definition) is 5. The van der Waals surface area contributed by atoms with Crippen LogP contribution in [-0.4, -0.2) is 46.6 Å². The summed E-state index contributed by atoms with van der Waals surface area (Å²) in [6, 6.07) is 8.43. The van der Waals surface area contributed by atoms with Gasteiger partial charge in [0.05, 0.1) is 22.4 Å². The van der Waals surface area contributed by atoms with E-state index in [9.17, 15) is 19.8 Å². The van der Waals surface area contributed by atoms with E-state index < -0.39 is 11.9 Å². The van der Waals surface area contributed by atoms with Gasteiger partial charge < -0.3 is 19.8 Å². The van der Waals surface area contributed by atoms with Crippen LogP contribution in [0.3, 0.4) is 0 Å². The Kier molecular flexibility index (Phi) is 5.80. The molecule has 1 aliphatic heterocycles. The molecule has 0 saturated carbocycles. The lowest BCUT2D eigenvalue weighted by atomic mass is 9.98. The number of thioether (sulfide) groups is 1. The van der Waals surface area contributed by atoms with Crippen molar-refractivity contribution in [2.24, 2.45) is 0 Å². The van der Waals surface area contributed by atoms with Crippen LogP contribution in [0, 0.1) is 13.8 Å². The average molecular weight is 416 g/mol. The standard InChI is InChI=1S/C22H25NO5S/c1-13-7-18-19(8-14(13)2)28-12-22(3,4)23(18)5-6-29-17-10-15(20(24)25)9-16(11-17)21(26)27/h7-11H,5-6,12H2,1-4H3,(H,24,25)(H,26,27). The minimum Gasteiger partial charge on any atom is -0.489 e. The van der Waals surface area contributed by atoms with Crippen LogP contribution in [0.4, 0.5) is 5.69 Å². The van der Waals surface area contributed by atoms with Crippen molar-refractivity contribution in [1.29, 1.82) is 0 Å². The van der Waals surface area contributed by atoms with Crippen LogP contribution in [0.25, 0.3) is 0 Å². The summed E-state index contributed by atoms with van der Waals surface area (Å²) in [5.74, 6) is -0.718. The Bertz CT molecular complexity index is 938. The van der Waals surface area contributed by atoms with Gasteiger partial charge in [-0.05, 0) is 69.2 Å². The van der Waals surface area contributed by atoms with Crippen LogP contribution in [0.5, 0.6) is 5.75 Å². The summed E-state index contributed by atoms with van der Waals surface area (Å²) in [6.07, 6.45) is 0. The summed E-state index contributed by atoms with van der Waals surface area (Å²) in [5, 5.41) is 18.5. The number of carbonyl (C=O) groups is 2. The highest BCUT2D eigenvalue weighted by molar-refractivity contribution is 7.99. The minimum atomic E-state index is -1.14. The number of benzene rings is 2. The van der Waals surface area contributed by atoms with Gasteiger partial charge in [0.25, 0.3) is 0 Å². The third-order valence-electron chi connectivity index (χ3n) is 5.16. The molecule has 29 heavy (non-hydrogen) atoms. The van der Waals surface area contributed by atoms with E-state index in [1.54, 1.807) is 0 Å². The molecule has 0 saturated heterocycles. The summed E-state index contributed by atoms with van der Waals surface area (Å²) < 4.78 is 5.97. The van der Waals surface area contributed by atoms with E-state index in [-0.39, 0.29) is 16.7 Å². The Balaban J connectivity index is 1.81. The predicted octanol–water partition coefficient (Wildman–Crippen LogP) is 4.47. The maximum absolute atomic E-state index is 11.3. The highest BCUT2D eigenvalue weighted by atomic mass is 32.2. The highest BCUT2D eigenvalue weighted by Gasteiger charge is 2.34. The SMILES string of the molecule is Cc1cc2c(cc1C)N(CCSc1cc(C(=O)O)cc(C(=O)O)c1)C(C)(C)CO2. The zero-order valence-electron chi connectivity index (χ0n) is 17.0. The molecule has 7 heteroatoms. The quantitative estimate of drug-likeness (QED) is 0.673. The zero-order chi connectivity index (χ0) is 21.3. The molecule has 0 radical (unpaired) electrons. The number of aryl methyl sites for hydroxylation is 2. The van der Waals surface area contributed by atoms with Gasteiger partial charge in [-0.3, -0.25) is 0 Å². The maximum Gasteiger partial charge on any atom is 0.335 e. The van der Waals surface area contributed by atoms with E-state index in [2.05, 4.69) is 44.7 Å². The second-order valence-electron chi connectivity index (χ2n) is 7.86. The van der Waals surface area contributed by atoms with Gasteiger partial charge in [-0.2, -0.15) is 0 Å². The van der Waals surface area contributed by atoms with Gasteiger partial charge in [-0.15, -0.1) is 11.8 Å². The predicted molar refractivity (Wildman–Crippen MR) is 114 cm³/mol. The fourth-order valence-electron chi connectivity index (χ4n) is 3.37. The number of ether oxygens (including phenoxy) is 1. The Morgan fingerprint density at radius 1 is 1.03 bits per heavy atom. The number of carboxylic acid groups (broad SMARTS) is 2. The van der Waals surface area contributed by atoms with Crippen molar-refractivity contribution in [3.63, 3.8) is 0 Å². The molecule has 2 aromatic carbocycles. The summed E-state index contributed by atoms with van der Waals surface area (Å²) in [6.45, 7) is 9.69. The van der Waals surface area contributed by atoms with Crippen molar-refractivity contribution in [2.45, 2.75) is 38.1 Å². The lowest BCUT2D eigenvalue weighted by Crippen LogP contribution is -2.52. The van der Waals surface area contributed by atoms with E-state index >= 15 is 0 Å². The molecule has 0 atom stereocenters. The molecule has 2 aromatic rings. The Hall–Kier alpha value is -2.67. The summed E-state index contributed by atoms with van der Waals surface area (Å²) in [7, 11) is 0. The lowest BCUT2D eigenvalue weighted by molar-refractivity contribution is 0.0696. The third kappa shape index (κ3) is 4.50. The second kappa shape index (κ2) is 7.99. The number of nitrogens with zero attached hydrogens (tertiary/aromatic N) is 1. The smallest absolute Gasteiger partial charge is 0.335 e. The van der Waals surface area contributed by atoms with Gasteiger partial charge in [-0.1, -0.05) is 0 Å². The molecule has 0 aliphatic carbocycles. The molecule has 2 N–H and O–H groups in total. The van der Waals surface area contributed by atoms with Gasteiger partial charge >= 0.3 is 11.9 Å². The van der Waals surface area contributed by atoms with Crippen LogP contribution in [0.1, 0.15) is 45.7 Å². The molecule has 0 amide bonds. The van der Waals surface area contributed by atoms with E-state index in [0.29, 0.717) is 17.3 Å². The fourth-order valence-corrected chi connectivity index (χ4v) is 4.30. The molecule has 1 heterocycles. The van der Waals surface area contributed by atoms with Crippen molar-refractivity contribution < 1.29 is 24.5 Å². The number of rotatable bonds is 6. The summed E-state index contributed by atoms with van der Waals surface area (Å²) >= 11 is 1.45. The first-order valence-corrected chi connectivity index (χ1v) is 10.3. The van der Waals surface area contributed by atoms with E-state index in [4.69, 9.17) is 4.74 Å². The molecule has 0 fully saturated rings. The summed E-state index contributed by atoms with van der Waals surface area (Å²) in [5.41, 5.74) is 3.21. The van der Waals surface area contributed by atoms with E-state index in [1.807, 2.05) is 0 Å². The second-order valence-corrected chi connectivity index (χ2v) is 9.03. The van der Waals surface area contributed by atoms with Gasteiger partial charge in [0.1, 0.15) is 12.4 Å². The van der Waals surface area contributed by atoms with Crippen LogP contribution in [-0.2, 0) is 0 Å². The molecule has 6 nitrogen and oxygen atoms in total. The number of aromatic carboxylic acids is 2. The third-order valence-corrected chi connectivity index (χ3v) is 6.12. The van der Waals surface area contributed by atoms with Gasteiger partial charge in [0.2, 0.25) is 0 Å².